The molecule has 1 aliphatic heterocycles. The number of rotatable bonds is 4. The Bertz CT molecular complexity index is 479. The Labute approximate surface area is 130 Å². The van der Waals surface area contributed by atoms with E-state index in [-0.39, 0.29) is 23.7 Å². The SMILES string of the molecule is CC(C)NC(=O)C1CCN(Cc2c(F)cccc2Cl)CC1. The molecule has 1 aromatic rings. The van der Waals surface area contributed by atoms with Crippen molar-refractivity contribution in [2.45, 2.75) is 39.3 Å². The van der Waals surface area contributed by atoms with Crippen LogP contribution in [-0.4, -0.2) is 29.9 Å². The first-order valence-electron chi connectivity index (χ1n) is 7.43. The summed E-state index contributed by atoms with van der Waals surface area (Å²) in [5.41, 5.74) is 0.546. The lowest BCUT2D eigenvalue weighted by Crippen LogP contribution is -2.42. The van der Waals surface area contributed by atoms with Crippen molar-refractivity contribution < 1.29 is 9.18 Å². The Morgan fingerprint density at radius 3 is 2.67 bits per heavy atom. The average Bonchev–Trinajstić information content (AvgIpc) is 2.43. The number of halogens is 2. The largest absolute Gasteiger partial charge is 0.354 e. The molecule has 0 saturated carbocycles. The first-order valence-corrected chi connectivity index (χ1v) is 7.80. The molecule has 5 heteroatoms. The minimum atomic E-state index is -0.262. The second-order valence-electron chi connectivity index (χ2n) is 5.91. The number of nitrogens with zero attached hydrogens (tertiary/aromatic N) is 1. The standard InChI is InChI=1S/C16H22ClFN2O/c1-11(2)19-16(21)12-6-8-20(9-7-12)10-13-14(17)4-3-5-15(13)18/h3-5,11-12H,6-10H2,1-2H3,(H,19,21). The summed E-state index contributed by atoms with van der Waals surface area (Å²) >= 11 is 6.05. The van der Waals surface area contributed by atoms with Gasteiger partial charge in [-0.15, -0.1) is 0 Å². The smallest absolute Gasteiger partial charge is 0.223 e. The van der Waals surface area contributed by atoms with Gasteiger partial charge < -0.3 is 5.32 Å². The van der Waals surface area contributed by atoms with E-state index in [0.717, 1.165) is 25.9 Å². The van der Waals surface area contributed by atoms with Gasteiger partial charge in [-0.1, -0.05) is 17.7 Å². The fraction of sp³-hybridized carbons (Fsp3) is 0.562. The van der Waals surface area contributed by atoms with E-state index in [1.165, 1.54) is 6.07 Å². The number of piperidine rings is 1. The van der Waals surface area contributed by atoms with Gasteiger partial charge in [0.15, 0.2) is 0 Å². The maximum absolute atomic E-state index is 13.8. The normalized spacial score (nSPS) is 17.2. The lowest BCUT2D eigenvalue weighted by Gasteiger charge is -2.31. The molecule has 1 saturated heterocycles. The molecule has 0 bridgehead atoms. The van der Waals surface area contributed by atoms with E-state index in [2.05, 4.69) is 10.2 Å². The highest BCUT2D eigenvalue weighted by Crippen LogP contribution is 2.24. The first kappa shape index (κ1) is 16.2. The quantitative estimate of drug-likeness (QED) is 0.926. The van der Waals surface area contributed by atoms with Gasteiger partial charge in [0.05, 0.1) is 0 Å². The van der Waals surface area contributed by atoms with Crippen LogP contribution in [-0.2, 0) is 11.3 Å². The van der Waals surface area contributed by atoms with Crippen molar-refractivity contribution in [1.29, 1.82) is 0 Å². The maximum Gasteiger partial charge on any atom is 0.223 e. The van der Waals surface area contributed by atoms with Crippen molar-refractivity contribution in [3.63, 3.8) is 0 Å². The van der Waals surface area contributed by atoms with Crippen LogP contribution in [0.25, 0.3) is 0 Å². The highest BCUT2D eigenvalue weighted by atomic mass is 35.5. The Hall–Kier alpha value is -1.13. The van der Waals surface area contributed by atoms with Crippen LogP contribution >= 0.6 is 11.6 Å². The lowest BCUT2D eigenvalue weighted by atomic mass is 9.95. The molecule has 2 rings (SSSR count). The molecule has 1 aromatic carbocycles. The summed E-state index contributed by atoms with van der Waals surface area (Å²) < 4.78 is 13.8. The van der Waals surface area contributed by atoms with Crippen LogP contribution in [0, 0.1) is 11.7 Å². The third kappa shape index (κ3) is 4.42. The van der Waals surface area contributed by atoms with Crippen molar-refractivity contribution in [1.82, 2.24) is 10.2 Å². The highest BCUT2D eigenvalue weighted by Gasteiger charge is 2.25. The summed E-state index contributed by atoms with van der Waals surface area (Å²) in [6.07, 6.45) is 1.62. The summed E-state index contributed by atoms with van der Waals surface area (Å²) in [4.78, 5) is 14.1. The fourth-order valence-corrected chi connectivity index (χ4v) is 2.89. The average molecular weight is 313 g/mol. The number of nitrogens with one attached hydrogen (secondary N) is 1. The first-order chi connectivity index (χ1) is 9.97. The van der Waals surface area contributed by atoms with E-state index in [1.807, 2.05) is 13.8 Å². The van der Waals surface area contributed by atoms with Crippen LogP contribution in [0.4, 0.5) is 4.39 Å². The van der Waals surface area contributed by atoms with Gasteiger partial charge in [0.1, 0.15) is 5.82 Å². The Morgan fingerprint density at radius 1 is 1.43 bits per heavy atom. The van der Waals surface area contributed by atoms with Crippen LogP contribution in [0.2, 0.25) is 5.02 Å². The lowest BCUT2D eigenvalue weighted by molar-refractivity contribution is -0.127. The van der Waals surface area contributed by atoms with Gasteiger partial charge in [0.2, 0.25) is 5.91 Å². The minimum absolute atomic E-state index is 0.0692. The predicted molar refractivity (Wildman–Crippen MR) is 82.7 cm³/mol. The van der Waals surface area contributed by atoms with Gasteiger partial charge in [-0.2, -0.15) is 0 Å². The van der Waals surface area contributed by atoms with Crippen LogP contribution in [0.3, 0.4) is 0 Å². The van der Waals surface area contributed by atoms with Gasteiger partial charge in [0.25, 0.3) is 0 Å². The highest BCUT2D eigenvalue weighted by molar-refractivity contribution is 6.31. The molecule has 1 fully saturated rings. The molecule has 0 aromatic heterocycles. The zero-order chi connectivity index (χ0) is 15.4. The summed E-state index contributed by atoms with van der Waals surface area (Å²) in [5, 5.41) is 3.42. The number of hydrogen-bond donors (Lipinski definition) is 1. The van der Waals surface area contributed by atoms with Crippen molar-refractivity contribution >= 4 is 17.5 Å². The van der Waals surface area contributed by atoms with Crippen molar-refractivity contribution in [2.75, 3.05) is 13.1 Å². The van der Waals surface area contributed by atoms with Crippen LogP contribution in [0.5, 0.6) is 0 Å². The Morgan fingerprint density at radius 2 is 2.10 bits per heavy atom. The molecular formula is C16H22ClFN2O. The molecule has 0 atom stereocenters. The van der Waals surface area contributed by atoms with E-state index in [0.29, 0.717) is 17.1 Å². The summed E-state index contributed by atoms with van der Waals surface area (Å²) in [5.74, 6) is -0.0597. The molecular weight excluding hydrogens is 291 g/mol. The van der Waals surface area contributed by atoms with Crippen LogP contribution < -0.4 is 5.32 Å². The molecule has 0 aliphatic carbocycles. The number of benzene rings is 1. The molecule has 21 heavy (non-hydrogen) atoms. The molecule has 0 unspecified atom stereocenters. The number of amides is 1. The summed E-state index contributed by atoms with van der Waals surface area (Å²) in [6, 6.07) is 4.93. The van der Waals surface area contributed by atoms with E-state index in [4.69, 9.17) is 11.6 Å². The van der Waals surface area contributed by atoms with Crippen LogP contribution in [0.15, 0.2) is 18.2 Å². The van der Waals surface area contributed by atoms with E-state index in [1.54, 1.807) is 12.1 Å². The van der Waals surface area contributed by atoms with E-state index < -0.39 is 0 Å². The third-order valence-electron chi connectivity index (χ3n) is 3.83. The molecule has 1 heterocycles. The van der Waals surface area contributed by atoms with Gasteiger partial charge in [-0.25, -0.2) is 4.39 Å². The van der Waals surface area contributed by atoms with E-state index in [9.17, 15) is 9.18 Å². The van der Waals surface area contributed by atoms with E-state index >= 15 is 0 Å². The molecule has 3 nitrogen and oxygen atoms in total. The van der Waals surface area contributed by atoms with Crippen LogP contribution in [0.1, 0.15) is 32.3 Å². The Balaban J connectivity index is 1.88. The summed E-state index contributed by atoms with van der Waals surface area (Å²) in [7, 11) is 0. The molecule has 0 radical (unpaired) electrons. The summed E-state index contributed by atoms with van der Waals surface area (Å²) in [6.45, 7) is 6.02. The van der Waals surface area contributed by atoms with Gasteiger partial charge in [-0.3, -0.25) is 9.69 Å². The zero-order valence-electron chi connectivity index (χ0n) is 12.5. The molecule has 1 amide bonds. The number of carbonyl (C=O) groups excluding carboxylic acids is 1. The maximum atomic E-state index is 13.8. The number of hydrogen-bond acceptors (Lipinski definition) is 2. The second-order valence-corrected chi connectivity index (χ2v) is 6.32. The fourth-order valence-electron chi connectivity index (χ4n) is 2.66. The van der Waals surface area contributed by atoms with Crippen molar-refractivity contribution in [2.24, 2.45) is 5.92 Å². The molecule has 0 spiro atoms. The molecule has 1 N–H and O–H groups in total. The minimum Gasteiger partial charge on any atom is -0.354 e. The van der Waals surface area contributed by atoms with Gasteiger partial charge in [-0.05, 0) is 51.9 Å². The van der Waals surface area contributed by atoms with Crippen molar-refractivity contribution in [3.8, 4) is 0 Å². The monoisotopic (exact) mass is 312 g/mol. The molecule has 1 aliphatic rings. The van der Waals surface area contributed by atoms with Gasteiger partial charge >= 0.3 is 0 Å². The number of carbonyl (C=O) groups is 1. The van der Waals surface area contributed by atoms with Crippen molar-refractivity contribution in [3.05, 3.63) is 34.6 Å². The molecule has 116 valence electrons. The Kier molecular flexibility index (Phi) is 5.59. The number of likely N-dealkylation sites (tertiary alicyclic amines) is 1. The topological polar surface area (TPSA) is 32.3 Å². The third-order valence-corrected chi connectivity index (χ3v) is 4.19. The predicted octanol–water partition coefficient (Wildman–Crippen LogP) is 3.22. The zero-order valence-corrected chi connectivity index (χ0v) is 13.3. The van der Waals surface area contributed by atoms with Gasteiger partial charge in [0, 0.05) is 29.1 Å². The second kappa shape index (κ2) is 7.23.